The van der Waals surface area contributed by atoms with Crippen molar-refractivity contribution in [3.63, 3.8) is 0 Å². The first-order valence-corrected chi connectivity index (χ1v) is 11.1. The maximum atomic E-state index is 13.8. The van der Waals surface area contributed by atoms with E-state index in [1.165, 1.54) is 9.58 Å². The van der Waals surface area contributed by atoms with Gasteiger partial charge in [-0.05, 0) is 42.0 Å². The van der Waals surface area contributed by atoms with Crippen molar-refractivity contribution in [2.24, 2.45) is 0 Å². The van der Waals surface area contributed by atoms with E-state index in [9.17, 15) is 9.59 Å². The van der Waals surface area contributed by atoms with Gasteiger partial charge in [0.2, 0.25) is 11.8 Å². The standard InChI is InChI=1S/C25H24ClN5O3/c1-34-16-15-27-25(33)24(18-11-13-19(26)14-12-18)31(20-7-3-2-4-8-20)23(32)17-30-22-10-6-5-9-21(22)28-29-30/h2-14,24H,15-17H2,1H3,(H,27,33)/t24-/m1/s1. The van der Waals surface area contributed by atoms with E-state index in [-0.39, 0.29) is 18.4 Å². The van der Waals surface area contributed by atoms with E-state index in [0.29, 0.717) is 34.9 Å². The Balaban J connectivity index is 1.75. The second-order valence-electron chi connectivity index (χ2n) is 7.57. The van der Waals surface area contributed by atoms with Crippen molar-refractivity contribution in [1.82, 2.24) is 20.3 Å². The van der Waals surface area contributed by atoms with Crippen molar-refractivity contribution in [3.8, 4) is 0 Å². The fourth-order valence-corrected chi connectivity index (χ4v) is 3.83. The van der Waals surface area contributed by atoms with Crippen molar-refractivity contribution >= 4 is 40.1 Å². The summed E-state index contributed by atoms with van der Waals surface area (Å²) in [5.41, 5.74) is 2.63. The summed E-state index contributed by atoms with van der Waals surface area (Å²) in [4.78, 5) is 28.7. The van der Waals surface area contributed by atoms with E-state index in [1.807, 2.05) is 42.5 Å². The van der Waals surface area contributed by atoms with E-state index >= 15 is 0 Å². The zero-order valence-corrected chi connectivity index (χ0v) is 19.4. The number of carbonyl (C=O) groups excluding carboxylic acids is 2. The Kier molecular flexibility index (Phi) is 7.51. The number of carbonyl (C=O) groups is 2. The van der Waals surface area contributed by atoms with Gasteiger partial charge < -0.3 is 10.1 Å². The molecule has 4 rings (SSSR count). The van der Waals surface area contributed by atoms with Crippen LogP contribution in [-0.2, 0) is 20.9 Å². The minimum absolute atomic E-state index is 0.0924. The molecule has 34 heavy (non-hydrogen) atoms. The highest BCUT2D eigenvalue weighted by Crippen LogP contribution is 2.29. The van der Waals surface area contributed by atoms with E-state index in [1.54, 1.807) is 43.5 Å². The predicted molar refractivity (Wildman–Crippen MR) is 131 cm³/mol. The van der Waals surface area contributed by atoms with Gasteiger partial charge in [0.25, 0.3) is 0 Å². The highest BCUT2D eigenvalue weighted by molar-refractivity contribution is 6.30. The molecule has 1 aromatic heterocycles. The van der Waals surface area contributed by atoms with E-state index < -0.39 is 6.04 Å². The normalized spacial score (nSPS) is 11.8. The second-order valence-corrected chi connectivity index (χ2v) is 8.01. The Morgan fingerprint density at radius 1 is 1.03 bits per heavy atom. The van der Waals surface area contributed by atoms with Gasteiger partial charge in [-0.15, -0.1) is 5.10 Å². The summed E-state index contributed by atoms with van der Waals surface area (Å²) in [6, 6.07) is 22.5. The molecule has 9 heteroatoms. The number of rotatable bonds is 9. The number of aromatic nitrogens is 3. The summed E-state index contributed by atoms with van der Waals surface area (Å²) in [6.07, 6.45) is 0. The highest BCUT2D eigenvalue weighted by atomic mass is 35.5. The molecule has 0 aliphatic rings. The monoisotopic (exact) mass is 477 g/mol. The number of amides is 2. The Morgan fingerprint density at radius 2 is 1.74 bits per heavy atom. The first kappa shape index (κ1) is 23.4. The van der Waals surface area contributed by atoms with Gasteiger partial charge in [-0.3, -0.25) is 14.5 Å². The molecule has 0 aliphatic carbocycles. The zero-order chi connectivity index (χ0) is 23.9. The Bertz CT molecular complexity index is 1260. The van der Waals surface area contributed by atoms with Crippen molar-refractivity contribution in [3.05, 3.63) is 89.4 Å². The minimum atomic E-state index is -0.932. The molecule has 0 saturated heterocycles. The van der Waals surface area contributed by atoms with Gasteiger partial charge in [-0.2, -0.15) is 0 Å². The van der Waals surface area contributed by atoms with Gasteiger partial charge in [0, 0.05) is 24.4 Å². The van der Waals surface area contributed by atoms with Gasteiger partial charge >= 0.3 is 0 Å². The zero-order valence-electron chi connectivity index (χ0n) is 18.6. The minimum Gasteiger partial charge on any atom is -0.383 e. The Labute approximate surface area is 202 Å². The number of methoxy groups -OCH3 is 1. The molecule has 0 saturated carbocycles. The first-order chi connectivity index (χ1) is 16.6. The molecular formula is C25H24ClN5O3. The van der Waals surface area contributed by atoms with Crippen LogP contribution < -0.4 is 10.2 Å². The number of halogens is 1. The van der Waals surface area contributed by atoms with Gasteiger partial charge in [-0.25, -0.2) is 4.68 Å². The lowest BCUT2D eigenvalue weighted by molar-refractivity contribution is -0.127. The van der Waals surface area contributed by atoms with Crippen molar-refractivity contribution < 1.29 is 14.3 Å². The van der Waals surface area contributed by atoms with Crippen LogP contribution in [0.4, 0.5) is 5.69 Å². The van der Waals surface area contributed by atoms with Crippen LogP contribution in [0.15, 0.2) is 78.9 Å². The van der Waals surface area contributed by atoms with Gasteiger partial charge in [0.1, 0.15) is 18.1 Å². The molecule has 0 unspecified atom stereocenters. The Morgan fingerprint density at radius 3 is 2.47 bits per heavy atom. The lowest BCUT2D eigenvalue weighted by Crippen LogP contribution is -2.46. The lowest BCUT2D eigenvalue weighted by atomic mass is 10.0. The number of nitrogens with zero attached hydrogens (tertiary/aromatic N) is 4. The third-order valence-electron chi connectivity index (χ3n) is 5.31. The van der Waals surface area contributed by atoms with Gasteiger partial charge in [0.15, 0.2) is 0 Å². The van der Waals surface area contributed by atoms with Crippen LogP contribution in [-0.4, -0.2) is 47.1 Å². The topological polar surface area (TPSA) is 89.4 Å². The molecule has 1 atom stereocenters. The van der Waals surface area contributed by atoms with Gasteiger partial charge in [0.05, 0.1) is 12.1 Å². The summed E-state index contributed by atoms with van der Waals surface area (Å²) in [6.45, 7) is 0.568. The number of nitrogens with one attached hydrogen (secondary N) is 1. The smallest absolute Gasteiger partial charge is 0.249 e. The third-order valence-corrected chi connectivity index (χ3v) is 5.56. The van der Waals surface area contributed by atoms with Crippen LogP contribution in [0.5, 0.6) is 0 Å². The Hall–Kier alpha value is -3.75. The van der Waals surface area contributed by atoms with E-state index in [2.05, 4.69) is 15.6 Å². The number of para-hydroxylation sites is 2. The SMILES string of the molecule is COCCNC(=O)[C@@H](c1ccc(Cl)cc1)N(C(=O)Cn1nnc2ccccc21)c1ccccc1. The largest absolute Gasteiger partial charge is 0.383 e. The summed E-state index contributed by atoms with van der Waals surface area (Å²) in [5.74, 6) is -0.649. The summed E-state index contributed by atoms with van der Waals surface area (Å²) in [5, 5.41) is 11.7. The molecule has 1 heterocycles. The van der Waals surface area contributed by atoms with Gasteiger partial charge in [-0.1, -0.05) is 59.3 Å². The average molecular weight is 478 g/mol. The van der Waals surface area contributed by atoms with Crippen LogP contribution >= 0.6 is 11.6 Å². The first-order valence-electron chi connectivity index (χ1n) is 10.8. The number of fused-ring (bicyclic) bond motifs is 1. The molecule has 0 radical (unpaired) electrons. The van der Waals surface area contributed by atoms with Crippen molar-refractivity contribution in [2.45, 2.75) is 12.6 Å². The van der Waals surface area contributed by atoms with Crippen LogP contribution in [0.1, 0.15) is 11.6 Å². The van der Waals surface area contributed by atoms with E-state index in [0.717, 1.165) is 5.52 Å². The van der Waals surface area contributed by atoms with Crippen molar-refractivity contribution in [2.75, 3.05) is 25.2 Å². The van der Waals surface area contributed by atoms with Crippen LogP contribution in [0.2, 0.25) is 5.02 Å². The summed E-state index contributed by atoms with van der Waals surface area (Å²) < 4.78 is 6.60. The predicted octanol–water partition coefficient (Wildman–Crippen LogP) is 3.62. The van der Waals surface area contributed by atoms with Crippen LogP contribution in [0.25, 0.3) is 11.0 Å². The fourth-order valence-electron chi connectivity index (χ4n) is 3.70. The van der Waals surface area contributed by atoms with Crippen molar-refractivity contribution in [1.29, 1.82) is 0 Å². The number of hydrogen-bond acceptors (Lipinski definition) is 5. The third kappa shape index (κ3) is 5.24. The maximum Gasteiger partial charge on any atom is 0.249 e. The number of hydrogen-bond donors (Lipinski definition) is 1. The molecule has 2 amide bonds. The molecule has 0 bridgehead atoms. The molecule has 4 aromatic rings. The molecule has 0 fully saturated rings. The van der Waals surface area contributed by atoms with Crippen LogP contribution in [0, 0.1) is 0 Å². The van der Waals surface area contributed by atoms with E-state index in [4.69, 9.17) is 16.3 Å². The number of benzene rings is 3. The lowest BCUT2D eigenvalue weighted by Gasteiger charge is -2.31. The molecule has 174 valence electrons. The second kappa shape index (κ2) is 10.9. The summed E-state index contributed by atoms with van der Waals surface area (Å²) in [7, 11) is 1.56. The average Bonchev–Trinajstić information content (AvgIpc) is 3.26. The van der Waals surface area contributed by atoms with Crippen LogP contribution in [0.3, 0.4) is 0 Å². The summed E-state index contributed by atoms with van der Waals surface area (Å²) >= 11 is 6.09. The molecular weight excluding hydrogens is 454 g/mol. The molecule has 3 aromatic carbocycles. The molecule has 8 nitrogen and oxygen atoms in total. The highest BCUT2D eigenvalue weighted by Gasteiger charge is 2.33. The molecule has 0 spiro atoms. The molecule has 1 N–H and O–H groups in total. The molecule has 0 aliphatic heterocycles. The number of ether oxygens (including phenoxy) is 1. The maximum absolute atomic E-state index is 13.8. The number of anilines is 1. The fraction of sp³-hybridized carbons (Fsp3) is 0.200. The quantitative estimate of drug-likeness (QED) is 0.372.